The molecule has 1 N–H and O–H groups in total. The maximum atomic E-state index is 14.1. The number of nitrogens with zero attached hydrogens (tertiary/aromatic N) is 1. The molecule has 0 fully saturated rings. The van der Waals surface area contributed by atoms with Crippen LogP contribution in [0.1, 0.15) is 0 Å². The molecule has 0 bridgehead atoms. The Kier molecular flexibility index (Phi) is 3.20. The van der Waals surface area contributed by atoms with E-state index in [2.05, 4.69) is 20.9 Å². The summed E-state index contributed by atoms with van der Waals surface area (Å²) in [5, 5.41) is 0.0749. The minimum absolute atomic E-state index is 0.0749. The van der Waals surface area contributed by atoms with Gasteiger partial charge in [-0.25, -0.2) is 4.39 Å². The van der Waals surface area contributed by atoms with Crippen LogP contribution in [-0.4, -0.2) is 9.55 Å². The Morgan fingerprint density at radius 3 is 2.84 bits per heavy atom. The standard InChI is InChI=1S/C13H7BrClFN2S/c14-7-4-5-10-9(6-7)17-13(19)18(10)11-3-1-2-8(15)12(11)16/h1-6H,(H,17,19). The van der Waals surface area contributed by atoms with Crippen LogP contribution in [0.3, 0.4) is 0 Å². The smallest absolute Gasteiger partial charge is 0.182 e. The molecule has 2 nitrogen and oxygen atoms in total. The second kappa shape index (κ2) is 4.74. The van der Waals surface area contributed by atoms with E-state index in [0.717, 1.165) is 15.5 Å². The van der Waals surface area contributed by atoms with E-state index in [-0.39, 0.29) is 5.02 Å². The molecule has 1 aromatic heterocycles. The number of fused-ring (bicyclic) bond motifs is 1. The minimum atomic E-state index is -0.482. The third-order valence-electron chi connectivity index (χ3n) is 2.82. The number of halogens is 3. The number of imidazole rings is 1. The van der Waals surface area contributed by atoms with Crippen LogP contribution in [0.2, 0.25) is 5.02 Å². The van der Waals surface area contributed by atoms with Crippen molar-refractivity contribution in [1.29, 1.82) is 0 Å². The van der Waals surface area contributed by atoms with Gasteiger partial charge in [0.1, 0.15) is 0 Å². The average Bonchev–Trinajstić information content (AvgIpc) is 2.68. The molecule has 0 unspecified atom stereocenters. The van der Waals surface area contributed by atoms with Gasteiger partial charge in [-0.15, -0.1) is 0 Å². The largest absolute Gasteiger partial charge is 0.330 e. The molecular formula is C13H7BrClFN2S. The number of aromatic amines is 1. The Morgan fingerprint density at radius 2 is 2.05 bits per heavy atom. The van der Waals surface area contributed by atoms with Crippen LogP contribution in [0.4, 0.5) is 4.39 Å². The first-order valence-corrected chi connectivity index (χ1v) is 7.00. The zero-order valence-corrected chi connectivity index (χ0v) is 12.6. The summed E-state index contributed by atoms with van der Waals surface area (Å²) in [5.41, 5.74) is 1.97. The van der Waals surface area contributed by atoms with Gasteiger partial charge in [0, 0.05) is 4.47 Å². The van der Waals surface area contributed by atoms with Gasteiger partial charge in [-0.1, -0.05) is 33.6 Å². The molecule has 3 rings (SSSR count). The molecule has 1 heterocycles. The fourth-order valence-electron chi connectivity index (χ4n) is 1.99. The van der Waals surface area contributed by atoms with Crippen molar-refractivity contribution >= 4 is 50.8 Å². The van der Waals surface area contributed by atoms with E-state index in [1.807, 2.05) is 18.2 Å². The molecule has 2 aromatic carbocycles. The molecule has 0 aliphatic heterocycles. The second-order valence-corrected chi connectivity index (χ2v) is 5.71. The van der Waals surface area contributed by atoms with Gasteiger partial charge in [-0.3, -0.25) is 4.57 Å². The molecule has 96 valence electrons. The summed E-state index contributed by atoms with van der Waals surface area (Å²) < 4.78 is 17.1. The number of benzene rings is 2. The molecule has 3 aromatic rings. The van der Waals surface area contributed by atoms with Crippen molar-refractivity contribution < 1.29 is 4.39 Å². The summed E-state index contributed by atoms with van der Waals surface area (Å²) in [7, 11) is 0. The highest BCUT2D eigenvalue weighted by molar-refractivity contribution is 9.10. The van der Waals surface area contributed by atoms with Crippen molar-refractivity contribution in [2.75, 3.05) is 0 Å². The zero-order valence-electron chi connectivity index (χ0n) is 9.45. The zero-order chi connectivity index (χ0) is 13.6. The van der Waals surface area contributed by atoms with E-state index in [9.17, 15) is 4.39 Å². The maximum absolute atomic E-state index is 14.1. The van der Waals surface area contributed by atoms with Gasteiger partial charge >= 0.3 is 0 Å². The topological polar surface area (TPSA) is 20.7 Å². The average molecular weight is 358 g/mol. The van der Waals surface area contributed by atoms with Crippen LogP contribution in [-0.2, 0) is 0 Å². The molecule has 0 atom stereocenters. The van der Waals surface area contributed by atoms with Crippen molar-refractivity contribution in [1.82, 2.24) is 9.55 Å². The number of H-pyrrole nitrogens is 1. The molecule has 0 saturated carbocycles. The van der Waals surface area contributed by atoms with Crippen LogP contribution in [0.5, 0.6) is 0 Å². The van der Waals surface area contributed by atoms with E-state index < -0.39 is 5.82 Å². The van der Waals surface area contributed by atoms with E-state index in [1.165, 1.54) is 6.07 Å². The number of hydrogen-bond donors (Lipinski definition) is 1. The molecule has 0 saturated heterocycles. The van der Waals surface area contributed by atoms with Crippen LogP contribution in [0, 0.1) is 10.6 Å². The van der Waals surface area contributed by atoms with Crippen molar-refractivity contribution in [3.8, 4) is 5.69 Å². The lowest BCUT2D eigenvalue weighted by Crippen LogP contribution is -1.98. The van der Waals surface area contributed by atoms with E-state index in [0.29, 0.717) is 10.5 Å². The van der Waals surface area contributed by atoms with Gasteiger partial charge < -0.3 is 4.98 Å². The summed E-state index contributed by atoms with van der Waals surface area (Å²) in [6.07, 6.45) is 0. The van der Waals surface area contributed by atoms with Crippen molar-refractivity contribution in [3.05, 3.63) is 56.5 Å². The summed E-state index contributed by atoms with van der Waals surface area (Å²) in [6.45, 7) is 0. The lowest BCUT2D eigenvalue weighted by molar-refractivity contribution is 0.619. The Morgan fingerprint density at radius 1 is 1.26 bits per heavy atom. The van der Waals surface area contributed by atoms with Crippen LogP contribution >= 0.6 is 39.7 Å². The highest BCUT2D eigenvalue weighted by atomic mass is 79.9. The third-order valence-corrected chi connectivity index (χ3v) is 3.89. The first-order chi connectivity index (χ1) is 9.08. The van der Waals surface area contributed by atoms with Crippen molar-refractivity contribution in [2.45, 2.75) is 0 Å². The summed E-state index contributed by atoms with van der Waals surface area (Å²) in [4.78, 5) is 3.05. The van der Waals surface area contributed by atoms with Gasteiger partial charge in [0.15, 0.2) is 10.6 Å². The first kappa shape index (κ1) is 12.8. The van der Waals surface area contributed by atoms with Crippen LogP contribution in [0.15, 0.2) is 40.9 Å². The Bertz CT molecular complexity index is 840. The molecule has 6 heteroatoms. The van der Waals surface area contributed by atoms with Crippen LogP contribution in [0.25, 0.3) is 16.7 Å². The van der Waals surface area contributed by atoms with Crippen molar-refractivity contribution in [3.63, 3.8) is 0 Å². The highest BCUT2D eigenvalue weighted by Gasteiger charge is 2.12. The Balaban J connectivity index is 2.40. The molecular weight excluding hydrogens is 351 g/mol. The Labute approximate surface area is 127 Å². The van der Waals surface area contributed by atoms with E-state index in [1.54, 1.807) is 16.7 Å². The normalized spacial score (nSPS) is 11.1. The monoisotopic (exact) mass is 356 g/mol. The molecule has 0 spiro atoms. The highest BCUT2D eigenvalue weighted by Crippen LogP contribution is 2.27. The van der Waals surface area contributed by atoms with Crippen molar-refractivity contribution in [2.24, 2.45) is 0 Å². The van der Waals surface area contributed by atoms with Gasteiger partial charge in [0.25, 0.3) is 0 Å². The fourth-order valence-corrected chi connectivity index (χ4v) is 2.83. The predicted molar refractivity (Wildman–Crippen MR) is 81.1 cm³/mol. The second-order valence-electron chi connectivity index (χ2n) is 4.00. The third kappa shape index (κ3) is 2.12. The fraction of sp³-hybridized carbons (Fsp3) is 0. The summed E-state index contributed by atoms with van der Waals surface area (Å²) in [6, 6.07) is 10.5. The maximum Gasteiger partial charge on any atom is 0.182 e. The number of nitrogens with one attached hydrogen (secondary N) is 1. The molecule has 0 amide bonds. The number of hydrogen-bond acceptors (Lipinski definition) is 1. The van der Waals surface area contributed by atoms with Crippen LogP contribution < -0.4 is 0 Å². The molecule has 0 radical (unpaired) electrons. The molecule has 0 aliphatic carbocycles. The van der Waals surface area contributed by atoms with E-state index >= 15 is 0 Å². The molecule has 19 heavy (non-hydrogen) atoms. The minimum Gasteiger partial charge on any atom is -0.330 e. The van der Waals surface area contributed by atoms with Gasteiger partial charge in [-0.2, -0.15) is 0 Å². The Hall–Kier alpha value is -1.17. The molecule has 0 aliphatic rings. The van der Waals surface area contributed by atoms with E-state index in [4.69, 9.17) is 23.8 Å². The summed E-state index contributed by atoms with van der Waals surface area (Å²) in [5.74, 6) is -0.482. The van der Waals surface area contributed by atoms with Gasteiger partial charge in [0.05, 0.1) is 21.7 Å². The quantitative estimate of drug-likeness (QED) is 0.590. The van der Waals surface area contributed by atoms with Gasteiger partial charge in [-0.05, 0) is 42.5 Å². The number of rotatable bonds is 1. The SMILES string of the molecule is Fc1c(Cl)cccc1-n1c(=S)[nH]c2cc(Br)ccc21. The summed E-state index contributed by atoms with van der Waals surface area (Å²) >= 11 is 14.5. The predicted octanol–water partition coefficient (Wildman–Crippen LogP) is 5.24. The van der Waals surface area contributed by atoms with Gasteiger partial charge in [0.2, 0.25) is 0 Å². The lowest BCUT2D eigenvalue weighted by atomic mass is 10.2. The first-order valence-electron chi connectivity index (χ1n) is 5.42. The lowest BCUT2D eigenvalue weighted by Gasteiger charge is -2.07. The number of aromatic nitrogens is 2.